The molecule has 0 aliphatic rings. The third kappa shape index (κ3) is 3.83. The zero-order chi connectivity index (χ0) is 15.2. The van der Waals surface area contributed by atoms with Crippen molar-refractivity contribution in [3.05, 3.63) is 64.8 Å². The highest BCUT2D eigenvalue weighted by atomic mass is 32.1. The van der Waals surface area contributed by atoms with Gasteiger partial charge >= 0.3 is 0 Å². The van der Waals surface area contributed by atoms with Crippen molar-refractivity contribution in [1.29, 1.82) is 0 Å². The molecule has 5 heteroatoms. The van der Waals surface area contributed by atoms with Crippen molar-refractivity contribution in [2.45, 2.75) is 19.4 Å². The lowest BCUT2D eigenvalue weighted by molar-refractivity contribution is -0.121. The molecule has 0 spiro atoms. The monoisotopic (exact) mass is 312 g/mol. The third-order valence-corrected chi connectivity index (χ3v) is 4.09. The molecule has 1 amide bonds. The summed E-state index contributed by atoms with van der Waals surface area (Å²) in [5.74, 6) is 1.33. The largest absolute Gasteiger partial charge is 0.441 e. The van der Waals surface area contributed by atoms with Crippen molar-refractivity contribution in [2.75, 3.05) is 0 Å². The second-order valence-electron chi connectivity index (χ2n) is 4.84. The van der Waals surface area contributed by atoms with Gasteiger partial charge in [0.1, 0.15) is 0 Å². The molecule has 1 aromatic carbocycles. The van der Waals surface area contributed by atoms with E-state index in [2.05, 4.69) is 10.3 Å². The van der Waals surface area contributed by atoms with Crippen LogP contribution in [0.3, 0.4) is 0 Å². The van der Waals surface area contributed by atoms with Crippen LogP contribution in [0, 0.1) is 0 Å². The molecule has 0 atom stereocenters. The number of thiophene rings is 1. The van der Waals surface area contributed by atoms with E-state index in [-0.39, 0.29) is 5.91 Å². The standard InChI is InChI=1S/C17H16N2O2S/c20-16(18-11-14-7-4-10-22-14)8-9-17-19-12-15(21-17)13-5-2-1-3-6-13/h1-7,10,12H,8-9,11H2,(H,18,20). The van der Waals surface area contributed by atoms with Gasteiger partial charge < -0.3 is 9.73 Å². The Morgan fingerprint density at radius 2 is 2.05 bits per heavy atom. The molecule has 0 aliphatic carbocycles. The van der Waals surface area contributed by atoms with Gasteiger partial charge in [-0.1, -0.05) is 36.4 Å². The zero-order valence-corrected chi connectivity index (χ0v) is 12.8. The van der Waals surface area contributed by atoms with Crippen LogP contribution in [-0.2, 0) is 17.8 Å². The van der Waals surface area contributed by atoms with Crippen LogP contribution >= 0.6 is 11.3 Å². The minimum Gasteiger partial charge on any atom is -0.441 e. The summed E-state index contributed by atoms with van der Waals surface area (Å²) in [7, 11) is 0. The van der Waals surface area contributed by atoms with E-state index in [9.17, 15) is 4.79 Å². The molecule has 1 N–H and O–H groups in total. The van der Waals surface area contributed by atoms with Crippen LogP contribution in [0.1, 0.15) is 17.2 Å². The van der Waals surface area contributed by atoms with Crippen molar-refractivity contribution in [3.63, 3.8) is 0 Å². The zero-order valence-electron chi connectivity index (χ0n) is 12.0. The first kappa shape index (κ1) is 14.5. The van der Waals surface area contributed by atoms with Crippen LogP contribution in [0.5, 0.6) is 0 Å². The lowest BCUT2D eigenvalue weighted by atomic mass is 10.2. The van der Waals surface area contributed by atoms with E-state index in [1.807, 2.05) is 47.8 Å². The summed E-state index contributed by atoms with van der Waals surface area (Å²) in [5, 5.41) is 4.90. The third-order valence-electron chi connectivity index (χ3n) is 3.22. The van der Waals surface area contributed by atoms with Crippen molar-refractivity contribution >= 4 is 17.2 Å². The number of benzene rings is 1. The lowest BCUT2D eigenvalue weighted by Crippen LogP contribution is -2.22. The fourth-order valence-electron chi connectivity index (χ4n) is 2.07. The Hall–Kier alpha value is -2.40. The minimum absolute atomic E-state index is 0.00728. The van der Waals surface area contributed by atoms with Crippen LogP contribution in [0.2, 0.25) is 0 Å². The summed E-state index contributed by atoms with van der Waals surface area (Å²) in [6.07, 6.45) is 2.58. The van der Waals surface area contributed by atoms with E-state index in [0.717, 1.165) is 16.2 Å². The minimum atomic E-state index is 0.00728. The first-order chi connectivity index (χ1) is 10.8. The van der Waals surface area contributed by atoms with Gasteiger partial charge in [-0.3, -0.25) is 4.79 Å². The van der Waals surface area contributed by atoms with Gasteiger partial charge in [-0.15, -0.1) is 11.3 Å². The number of carbonyl (C=O) groups is 1. The molecule has 0 saturated heterocycles. The highest BCUT2D eigenvalue weighted by Gasteiger charge is 2.08. The summed E-state index contributed by atoms with van der Waals surface area (Å²) < 4.78 is 5.68. The van der Waals surface area contributed by atoms with E-state index < -0.39 is 0 Å². The maximum absolute atomic E-state index is 11.8. The molecule has 0 radical (unpaired) electrons. The molecular weight excluding hydrogens is 296 g/mol. The summed E-state index contributed by atoms with van der Waals surface area (Å²) in [5.41, 5.74) is 0.989. The van der Waals surface area contributed by atoms with E-state index in [4.69, 9.17) is 4.42 Å². The van der Waals surface area contributed by atoms with Gasteiger partial charge in [0.2, 0.25) is 5.91 Å². The van der Waals surface area contributed by atoms with Crippen molar-refractivity contribution in [2.24, 2.45) is 0 Å². The predicted octanol–water partition coefficient (Wildman–Crippen LogP) is 3.65. The molecule has 3 aromatic rings. The average Bonchev–Trinajstić information content (AvgIpc) is 3.23. The number of amides is 1. The van der Waals surface area contributed by atoms with Crippen LogP contribution < -0.4 is 5.32 Å². The van der Waals surface area contributed by atoms with Crippen LogP contribution in [0.4, 0.5) is 0 Å². The lowest BCUT2D eigenvalue weighted by Gasteiger charge is -2.02. The Balaban J connectivity index is 1.49. The molecule has 0 aliphatic heterocycles. The molecule has 0 bridgehead atoms. The highest BCUT2D eigenvalue weighted by molar-refractivity contribution is 7.09. The molecular formula is C17H16N2O2S. The van der Waals surface area contributed by atoms with Gasteiger partial charge in [0.05, 0.1) is 12.7 Å². The van der Waals surface area contributed by atoms with Crippen molar-refractivity contribution in [3.8, 4) is 11.3 Å². The molecule has 0 unspecified atom stereocenters. The average molecular weight is 312 g/mol. The topological polar surface area (TPSA) is 55.1 Å². The van der Waals surface area contributed by atoms with E-state index >= 15 is 0 Å². The van der Waals surface area contributed by atoms with Crippen molar-refractivity contribution in [1.82, 2.24) is 10.3 Å². The summed E-state index contributed by atoms with van der Waals surface area (Å²) >= 11 is 1.63. The molecule has 3 rings (SSSR count). The Kier molecular flexibility index (Phi) is 4.65. The first-order valence-corrected chi connectivity index (χ1v) is 7.98. The fraction of sp³-hybridized carbons (Fsp3) is 0.176. The molecule has 112 valence electrons. The van der Waals surface area contributed by atoms with Crippen molar-refractivity contribution < 1.29 is 9.21 Å². The molecule has 2 heterocycles. The predicted molar refractivity (Wildman–Crippen MR) is 86.4 cm³/mol. The first-order valence-electron chi connectivity index (χ1n) is 7.10. The fourth-order valence-corrected chi connectivity index (χ4v) is 2.71. The van der Waals surface area contributed by atoms with Gasteiger partial charge in [-0.2, -0.15) is 0 Å². The van der Waals surface area contributed by atoms with Gasteiger partial charge in [0.25, 0.3) is 0 Å². The molecule has 22 heavy (non-hydrogen) atoms. The Bertz CT molecular complexity index is 720. The van der Waals surface area contributed by atoms with Gasteiger partial charge in [-0.25, -0.2) is 4.98 Å². The maximum atomic E-state index is 11.8. The Morgan fingerprint density at radius 1 is 1.18 bits per heavy atom. The molecule has 0 fully saturated rings. The molecule has 2 aromatic heterocycles. The number of rotatable bonds is 6. The second kappa shape index (κ2) is 7.04. The number of oxazole rings is 1. The van der Waals surface area contributed by atoms with Gasteiger partial charge in [0.15, 0.2) is 11.7 Å². The maximum Gasteiger partial charge on any atom is 0.220 e. The number of hydrogen-bond donors (Lipinski definition) is 1. The molecule has 0 saturated carbocycles. The normalized spacial score (nSPS) is 10.5. The number of aromatic nitrogens is 1. The number of nitrogens with one attached hydrogen (secondary N) is 1. The van der Waals surface area contributed by atoms with Crippen LogP contribution in [-0.4, -0.2) is 10.9 Å². The van der Waals surface area contributed by atoms with Gasteiger partial charge in [0, 0.05) is 23.3 Å². The number of aryl methyl sites for hydroxylation is 1. The van der Waals surface area contributed by atoms with Crippen LogP contribution in [0.15, 0.2) is 58.5 Å². The Morgan fingerprint density at radius 3 is 2.82 bits per heavy atom. The van der Waals surface area contributed by atoms with E-state index in [1.54, 1.807) is 17.5 Å². The second-order valence-corrected chi connectivity index (χ2v) is 5.87. The smallest absolute Gasteiger partial charge is 0.220 e. The highest BCUT2D eigenvalue weighted by Crippen LogP contribution is 2.20. The SMILES string of the molecule is O=C(CCc1ncc(-c2ccccc2)o1)NCc1cccs1. The number of hydrogen-bond acceptors (Lipinski definition) is 4. The summed E-state index contributed by atoms with van der Waals surface area (Å²) in [6, 6.07) is 13.8. The van der Waals surface area contributed by atoms with E-state index in [1.165, 1.54) is 0 Å². The quantitative estimate of drug-likeness (QED) is 0.756. The summed E-state index contributed by atoms with van der Waals surface area (Å²) in [6.45, 7) is 0.581. The van der Waals surface area contributed by atoms with Crippen LogP contribution in [0.25, 0.3) is 11.3 Å². The Labute approximate surface area is 132 Å². The number of carbonyl (C=O) groups excluding carboxylic acids is 1. The van der Waals surface area contributed by atoms with Gasteiger partial charge in [-0.05, 0) is 11.4 Å². The summed E-state index contributed by atoms with van der Waals surface area (Å²) in [4.78, 5) is 17.2. The number of nitrogens with zero attached hydrogens (tertiary/aromatic N) is 1. The van der Waals surface area contributed by atoms with E-state index in [0.29, 0.717) is 25.3 Å². The molecule has 4 nitrogen and oxygen atoms in total.